The topological polar surface area (TPSA) is 47.4 Å². The Morgan fingerprint density at radius 1 is 1.14 bits per heavy atom. The molecule has 144 valence electrons. The normalized spacial score (nSPS) is 16.6. The molecule has 3 aromatic rings. The lowest BCUT2D eigenvalue weighted by atomic mass is 10.1. The third-order valence-electron chi connectivity index (χ3n) is 5.15. The largest absolute Gasteiger partial charge is 0.494 e. The summed E-state index contributed by atoms with van der Waals surface area (Å²) in [6.07, 6.45) is 3.17. The molecule has 5 nitrogen and oxygen atoms in total. The van der Waals surface area contributed by atoms with Gasteiger partial charge in [0.2, 0.25) is 5.91 Å². The number of nitrogens with zero attached hydrogens (tertiary/aromatic N) is 3. The monoisotopic (exact) mass is 375 g/mol. The number of ether oxygens (including phenoxy) is 1. The number of benzene rings is 2. The first-order chi connectivity index (χ1) is 13.8. The maximum Gasteiger partial charge on any atom is 0.223 e. The molecule has 1 saturated heterocycles. The third-order valence-corrected chi connectivity index (χ3v) is 5.15. The number of imidazole rings is 1. The Morgan fingerprint density at radius 2 is 1.93 bits per heavy atom. The fourth-order valence-corrected chi connectivity index (χ4v) is 3.85. The van der Waals surface area contributed by atoms with Gasteiger partial charge in [-0.15, -0.1) is 6.58 Å². The summed E-state index contributed by atoms with van der Waals surface area (Å²) in [5.74, 6) is 2.19. The molecule has 1 aliphatic heterocycles. The highest BCUT2D eigenvalue weighted by atomic mass is 16.5. The molecule has 5 heteroatoms. The minimum Gasteiger partial charge on any atom is -0.494 e. The average molecular weight is 375 g/mol. The van der Waals surface area contributed by atoms with Gasteiger partial charge in [0.25, 0.3) is 0 Å². The second-order valence-electron chi connectivity index (χ2n) is 7.11. The molecule has 1 aliphatic rings. The Bertz CT molecular complexity index is 964. The van der Waals surface area contributed by atoms with E-state index in [1.807, 2.05) is 53.4 Å². The average Bonchev–Trinajstić information content (AvgIpc) is 3.27. The Labute approximate surface area is 165 Å². The van der Waals surface area contributed by atoms with Gasteiger partial charge < -0.3 is 14.2 Å². The van der Waals surface area contributed by atoms with E-state index in [2.05, 4.69) is 17.2 Å². The summed E-state index contributed by atoms with van der Waals surface area (Å²) < 4.78 is 8.10. The zero-order chi connectivity index (χ0) is 19.3. The third kappa shape index (κ3) is 3.79. The van der Waals surface area contributed by atoms with E-state index in [1.54, 1.807) is 6.08 Å². The highest BCUT2D eigenvalue weighted by molar-refractivity contribution is 5.81. The van der Waals surface area contributed by atoms with Gasteiger partial charge in [0.15, 0.2) is 0 Å². The van der Waals surface area contributed by atoms with Gasteiger partial charge in [-0.2, -0.15) is 0 Å². The predicted molar refractivity (Wildman–Crippen MR) is 110 cm³/mol. The number of hydrogen-bond acceptors (Lipinski definition) is 3. The van der Waals surface area contributed by atoms with Crippen LogP contribution in [-0.4, -0.2) is 40.1 Å². The highest BCUT2D eigenvalue weighted by Gasteiger charge is 2.33. The molecule has 0 bridgehead atoms. The first kappa shape index (κ1) is 18.3. The Hall–Kier alpha value is -3.08. The van der Waals surface area contributed by atoms with Gasteiger partial charge in [-0.3, -0.25) is 4.79 Å². The summed E-state index contributed by atoms with van der Waals surface area (Å²) in [4.78, 5) is 19.1. The van der Waals surface area contributed by atoms with Crippen molar-refractivity contribution in [2.24, 2.45) is 0 Å². The molecule has 2 heterocycles. The number of hydrogen-bond donors (Lipinski definition) is 0. The number of carbonyl (C=O) groups excluding carboxylic acids is 1. The maximum atomic E-state index is 12.3. The molecule has 1 aromatic heterocycles. The van der Waals surface area contributed by atoms with E-state index < -0.39 is 0 Å². The van der Waals surface area contributed by atoms with Crippen molar-refractivity contribution in [1.29, 1.82) is 0 Å². The van der Waals surface area contributed by atoms with Gasteiger partial charge in [-0.25, -0.2) is 4.98 Å². The van der Waals surface area contributed by atoms with Gasteiger partial charge in [-0.05, 0) is 30.7 Å². The summed E-state index contributed by atoms with van der Waals surface area (Å²) in [6, 6.07) is 18.0. The molecule has 0 unspecified atom stereocenters. The molecular formula is C23H25N3O2. The Balaban J connectivity index is 1.51. The maximum absolute atomic E-state index is 12.3. The van der Waals surface area contributed by atoms with Crippen LogP contribution in [0.5, 0.6) is 5.75 Å². The zero-order valence-electron chi connectivity index (χ0n) is 16.0. The van der Waals surface area contributed by atoms with Crippen LogP contribution in [0.3, 0.4) is 0 Å². The second kappa shape index (κ2) is 8.30. The number of aryl methyl sites for hydroxylation is 1. The molecule has 0 N–H and O–H groups in total. The minimum atomic E-state index is 0.120. The molecule has 28 heavy (non-hydrogen) atoms. The SMILES string of the molecule is C=CCN1C[C@H](c2nc3ccccc3n2CCCOc2ccccc2)CC1=O. The van der Waals surface area contributed by atoms with E-state index in [9.17, 15) is 4.79 Å². The van der Waals surface area contributed by atoms with Gasteiger partial charge in [-0.1, -0.05) is 36.4 Å². The van der Waals surface area contributed by atoms with Crippen molar-refractivity contribution in [2.45, 2.75) is 25.3 Å². The van der Waals surface area contributed by atoms with Crippen LogP contribution in [0.1, 0.15) is 24.6 Å². The standard InChI is InChI=1S/C23H25N3O2/c1-2-13-25-17-18(16-22(25)27)23-24-20-11-6-7-12-21(20)26(23)14-8-15-28-19-9-4-3-5-10-19/h2-7,9-12,18H,1,8,13-17H2/t18-/m1/s1. The zero-order valence-corrected chi connectivity index (χ0v) is 16.0. The van der Waals surface area contributed by atoms with Gasteiger partial charge >= 0.3 is 0 Å². The summed E-state index contributed by atoms with van der Waals surface area (Å²) in [5, 5.41) is 0. The van der Waals surface area contributed by atoms with Crippen molar-refractivity contribution in [3.63, 3.8) is 0 Å². The van der Waals surface area contributed by atoms with Crippen LogP contribution in [0.4, 0.5) is 0 Å². The van der Waals surface area contributed by atoms with Crippen LogP contribution in [0.15, 0.2) is 67.3 Å². The van der Waals surface area contributed by atoms with Crippen LogP contribution in [-0.2, 0) is 11.3 Å². The molecule has 4 rings (SSSR count). The quantitative estimate of drug-likeness (QED) is 0.441. The van der Waals surface area contributed by atoms with Crippen LogP contribution in [0.25, 0.3) is 11.0 Å². The lowest BCUT2D eigenvalue weighted by Gasteiger charge is -2.16. The van der Waals surface area contributed by atoms with E-state index in [-0.39, 0.29) is 11.8 Å². The first-order valence-electron chi connectivity index (χ1n) is 9.78. The number of amides is 1. The van der Waals surface area contributed by atoms with Crippen molar-refractivity contribution < 1.29 is 9.53 Å². The van der Waals surface area contributed by atoms with E-state index in [1.165, 1.54) is 0 Å². The van der Waals surface area contributed by atoms with E-state index >= 15 is 0 Å². The highest BCUT2D eigenvalue weighted by Crippen LogP contribution is 2.30. The van der Waals surface area contributed by atoms with Crippen molar-refractivity contribution in [3.8, 4) is 5.75 Å². The molecule has 0 spiro atoms. The minimum absolute atomic E-state index is 0.120. The summed E-state index contributed by atoms with van der Waals surface area (Å²) in [7, 11) is 0. The lowest BCUT2D eigenvalue weighted by molar-refractivity contribution is -0.127. The predicted octanol–water partition coefficient (Wildman–Crippen LogP) is 4.01. The van der Waals surface area contributed by atoms with Crippen molar-refractivity contribution >= 4 is 16.9 Å². The van der Waals surface area contributed by atoms with Gasteiger partial charge in [0.1, 0.15) is 11.6 Å². The van der Waals surface area contributed by atoms with Crippen molar-refractivity contribution in [3.05, 3.63) is 73.1 Å². The molecule has 1 fully saturated rings. The second-order valence-corrected chi connectivity index (χ2v) is 7.11. The van der Waals surface area contributed by atoms with Crippen LogP contribution in [0, 0.1) is 0 Å². The van der Waals surface area contributed by atoms with Gasteiger partial charge in [0.05, 0.1) is 17.6 Å². The molecule has 1 atom stereocenters. The number of fused-ring (bicyclic) bond motifs is 1. The Morgan fingerprint density at radius 3 is 2.75 bits per heavy atom. The van der Waals surface area contributed by atoms with Crippen LogP contribution >= 0.6 is 0 Å². The molecule has 0 aliphatic carbocycles. The summed E-state index contributed by atoms with van der Waals surface area (Å²) in [5.41, 5.74) is 2.10. The molecular weight excluding hydrogens is 350 g/mol. The smallest absolute Gasteiger partial charge is 0.223 e. The van der Waals surface area contributed by atoms with E-state index in [0.29, 0.717) is 26.1 Å². The number of carbonyl (C=O) groups is 1. The molecule has 0 saturated carbocycles. The summed E-state index contributed by atoms with van der Waals surface area (Å²) in [6.45, 7) is 6.51. The van der Waals surface area contributed by atoms with Gasteiger partial charge in [0, 0.05) is 32.0 Å². The Kier molecular flexibility index (Phi) is 5.42. The first-order valence-corrected chi connectivity index (χ1v) is 9.78. The van der Waals surface area contributed by atoms with Crippen molar-refractivity contribution in [2.75, 3.05) is 19.7 Å². The van der Waals surface area contributed by atoms with E-state index in [4.69, 9.17) is 9.72 Å². The summed E-state index contributed by atoms with van der Waals surface area (Å²) >= 11 is 0. The lowest BCUT2D eigenvalue weighted by Crippen LogP contribution is -2.25. The van der Waals surface area contributed by atoms with Crippen molar-refractivity contribution in [1.82, 2.24) is 14.5 Å². The fourth-order valence-electron chi connectivity index (χ4n) is 3.85. The number of likely N-dealkylation sites (tertiary alicyclic amines) is 1. The number of para-hydroxylation sites is 3. The fraction of sp³-hybridized carbons (Fsp3) is 0.304. The van der Waals surface area contributed by atoms with Crippen LogP contribution < -0.4 is 4.74 Å². The molecule has 2 aromatic carbocycles. The number of aromatic nitrogens is 2. The molecule has 0 radical (unpaired) electrons. The molecule has 1 amide bonds. The van der Waals surface area contributed by atoms with E-state index in [0.717, 1.165) is 35.6 Å². The number of rotatable bonds is 8. The van der Waals surface area contributed by atoms with Crippen LogP contribution in [0.2, 0.25) is 0 Å².